The summed E-state index contributed by atoms with van der Waals surface area (Å²) in [4.78, 5) is 16.9. The molecule has 5 nitrogen and oxygen atoms in total. The van der Waals surface area contributed by atoms with Gasteiger partial charge in [0.15, 0.2) is 5.58 Å². The molecule has 0 unspecified atom stereocenters. The van der Waals surface area contributed by atoms with Gasteiger partial charge >= 0.3 is 5.76 Å². The van der Waals surface area contributed by atoms with Crippen molar-refractivity contribution in [2.24, 2.45) is 0 Å². The zero-order chi connectivity index (χ0) is 18.8. The normalized spacial score (nSPS) is 16.7. The summed E-state index contributed by atoms with van der Waals surface area (Å²) in [6, 6.07) is 11.9. The molecule has 2 aromatic carbocycles. The van der Waals surface area contributed by atoms with E-state index < -0.39 is 0 Å². The van der Waals surface area contributed by atoms with E-state index in [1.54, 1.807) is 16.7 Å². The van der Waals surface area contributed by atoms with Crippen LogP contribution in [0.15, 0.2) is 51.7 Å². The molecule has 0 bridgehead atoms. The van der Waals surface area contributed by atoms with Gasteiger partial charge in [0.25, 0.3) is 0 Å². The van der Waals surface area contributed by atoms with Crippen LogP contribution in [0.25, 0.3) is 11.1 Å². The monoisotopic (exact) mass is 389 g/mol. The molecule has 0 aliphatic carbocycles. The third kappa shape index (κ3) is 4.24. The quantitative estimate of drug-likeness (QED) is 0.684. The van der Waals surface area contributed by atoms with Crippen LogP contribution in [0.5, 0.6) is 0 Å². The van der Waals surface area contributed by atoms with Crippen molar-refractivity contribution < 1.29 is 8.81 Å². The highest BCUT2D eigenvalue weighted by atomic mass is 35.5. The second-order valence-electron chi connectivity index (χ2n) is 6.92. The summed E-state index contributed by atoms with van der Waals surface area (Å²) >= 11 is 5.98. The van der Waals surface area contributed by atoms with Crippen molar-refractivity contribution in [2.75, 3.05) is 26.2 Å². The molecule has 0 spiro atoms. The van der Waals surface area contributed by atoms with E-state index in [0.717, 1.165) is 50.2 Å². The molecule has 1 fully saturated rings. The van der Waals surface area contributed by atoms with Gasteiger partial charge < -0.3 is 4.42 Å². The van der Waals surface area contributed by atoms with Crippen molar-refractivity contribution in [1.29, 1.82) is 0 Å². The van der Waals surface area contributed by atoms with Crippen LogP contribution < -0.4 is 5.76 Å². The van der Waals surface area contributed by atoms with Gasteiger partial charge in [0, 0.05) is 37.3 Å². The van der Waals surface area contributed by atoms with E-state index in [1.807, 2.05) is 18.2 Å². The molecule has 0 N–H and O–H groups in total. The lowest BCUT2D eigenvalue weighted by Gasteiger charge is -2.22. The molecule has 0 atom stereocenters. The SMILES string of the molecule is O=c1oc2cc(Cl)ccc2n1CN1CCCN(Cc2ccc(F)cc2)CC1. The summed E-state index contributed by atoms with van der Waals surface area (Å²) in [6.45, 7) is 4.94. The molecular formula is C20H21ClFN3O2. The second kappa shape index (κ2) is 7.84. The minimum Gasteiger partial charge on any atom is -0.408 e. The fourth-order valence-corrected chi connectivity index (χ4v) is 3.71. The van der Waals surface area contributed by atoms with Crippen LogP contribution in [0.4, 0.5) is 4.39 Å². The topological polar surface area (TPSA) is 41.6 Å². The third-order valence-electron chi connectivity index (χ3n) is 4.97. The van der Waals surface area contributed by atoms with Gasteiger partial charge in [0.2, 0.25) is 0 Å². The lowest BCUT2D eigenvalue weighted by molar-refractivity contribution is 0.211. The van der Waals surface area contributed by atoms with E-state index in [1.165, 1.54) is 12.1 Å². The van der Waals surface area contributed by atoms with Gasteiger partial charge in [0.05, 0.1) is 12.2 Å². The summed E-state index contributed by atoms with van der Waals surface area (Å²) in [6.07, 6.45) is 1.01. The highest BCUT2D eigenvalue weighted by Gasteiger charge is 2.18. The third-order valence-corrected chi connectivity index (χ3v) is 5.21. The smallest absolute Gasteiger partial charge is 0.408 e. The van der Waals surface area contributed by atoms with Crippen LogP contribution >= 0.6 is 11.6 Å². The Morgan fingerprint density at radius 1 is 1.00 bits per heavy atom. The lowest BCUT2D eigenvalue weighted by atomic mass is 10.2. The number of aromatic nitrogens is 1. The maximum Gasteiger partial charge on any atom is 0.421 e. The summed E-state index contributed by atoms with van der Waals surface area (Å²) in [5.74, 6) is -0.570. The first-order valence-corrected chi connectivity index (χ1v) is 9.44. The average Bonchev–Trinajstić information content (AvgIpc) is 2.80. The predicted octanol–water partition coefficient (Wildman–Crippen LogP) is 3.55. The molecule has 7 heteroatoms. The standard InChI is InChI=1S/C20H21ClFN3O2/c21-16-4-7-18-19(12-16)27-20(26)25(18)14-24-9-1-8-23(10-11-24)13-15-2-5-17(22)6-3-15/h2-7,12H,1,8-11,13-14H2. The Morgan fingerprint density at radius 2 is 1.74 bits per heavy atom. The average molecular weight is 390 g/mol. The van der Waals surface area contributed by atoms with Crippen molar-refractivity contribution in [3.8, 4) is 0 Å². The van der Waals surface area contributed by atoms with Gasteiger partial charge in [-0.05, 0) is 42.8 Å². The minimum absolute atomic E-state index is 0.208. The first-order chi connectivity index (χ1) is 13.1. The first-order valence-electron chi connectivity index (χ1n) is 9.06. The molecule has 0 radical (unpaired) electrons. The van der Waals surface area contributed by atoms with Gasteiger partial charge in [-0.15, -0.1) is 0 Å². The van der Waals surface area contributed by atoms with E-state index in [0.29, 0.717) is 17.3 Å². The van der Waals surface area contributed by atoms with E-state index in [9.17, 15) is 9.18 Å². The molecule has 1 aliphatic heterocycles. The van der Waals surface area contributed by atoms with E-state index >= 15 is 0 Å². The number of rotatable bonds is 4. The molecular weight excluding hydrogens is 369 g/mol. The molecule has 4 rings (SSSR count). The first kappa shape index (κ1) is 18.2. The molecule has 0 saturated carbocycles. The highest BCUT2D eigenvalue weighted by Crippen LogP contribution is 2.19. The van der Waals surface area contributed by atoms with Crippen LogP contribution in [-0.4, -0.2) is 40.5 Å². The Morgan fingerprint density at radius 3 is 2.56 bits per heavy atom. The number of hydrogen-bond donors (Lipinski definition) is 0. The number of fused-ring (bicyclic) bond motifs is 1. The van der Waals surface area contributed by atoms with Crippen LogP contribution in [0.1, 0.15) is 12.0 Å². The van der Waals surface area contributed by atoms with Gasteiger partial charge in [-0.1, -0.05) is 23.7 Å². The number of halogens is 2. The van der Waals surface area contributed by atoms with Crippen LogP contribution in [0.3, 0.4) is 0 Å². The van der Waals surface area contributed by atoms with E-state index in [-0.39, 0.29) is 11.6 Å². The summed E-state index contributed by atoms with van der Waals surface area (Å²) < 4.78 is 20.0. The Labute approximate surface area is 161 Å². The lowest BCUT2D eigenvalue weighted by Crippen LogP contribution is -2.34. The van der Waals surface area contributed by atoms with Crippen molar-refractivity contribution in [2.45, 2.75) is 19.6 Å². The van der Waals surface area contributed by atoms with E-state index in [2.05, 4.69) is 9.80 Å². The van der Waals surface area contributed by atoms with Crippen LogP contribution in [0, 0.1) is 5.82 Å². The zero-order valence-electron chi connectivity index (χ0n) is 14.9. The second-order valence-corrected chi connectivity index (χ2v) is 7.36. The molecule has 1 aromatic heterocycles. The van der Waals surface area contributed by atoms with Crippen molar-refractivity contribution in [1.82, 2.24) is 14.4 Å². The molecule has 3 aromatic rings. The van der Waals surface area contributed by atoms with Gasteiger partial charge in [-0.25, -0.2) is 9.18 Å². The van der Waals surface area contributed by atoms with Crippen molar-refractivity contribution in [3.63, 3.8) is 0 Å². The van der Waals surface area contributed by atoms with Gasteiger partial charge in [-0.3, -0.25) is 14.4 Å². The minimum atomic E-state index is -0.361. The molecule has 27 heavy (non-hydrogen) atoms. The Hall–Kier alpha value is -2.15. The van der Waals surface area contributed by atoms with Gasteiger partial charge in [-0.2, -0.15) is 0 Å². The van der Waals surface area contributed by atoms with E-state index in [4.69, 9.17) is 16.0 Å². The largest absolute Gasteiger partial charge is 0.421 e. The zero-order valence-corrected chi connectivity index (χ0v) is 15.7. The van der Waals surface area contributed by atoms with Crippen LogP contribution in [-0.2, 0) is 13.2 Å². The Balaban J connectivity index is 1.42. The van der Waals surface area contributed by atoms with Gasteiger partial charge in [0.1, 0.15) is 5.82 Å². The summed E-state index contributed by atoms with van der Waals surface area (Å²) in [5.41, 5.74) is 2.39. The fourth-order valence-electron chi connectivity index (χ4n) is 3.55. The molecule has 1 saturated heterocycles. The summed E-state index contributed by atoms with van der Waals surface area (Å²) in [7, 11) is 0. The number of hydrogen-bond acceptors (Lipinski definition) is 4. The Kier molecular flexibility index (Phi) is 5.29. The molecule has 0 amide bonds. The predicted molar refractivity (Wildman–Crippen MR) is 103 cm³/mol. The maximum atomic E-state index is 13.1. The highest BCUT2D eigenvalue weighted by molar-refractivity contribution is 6.31. The number of oxazole rings is 1. The van der Waals surface area contributed by atoms with Crippen molar-refractivity contribution >= 4 is 22.7 Å². The number of nitrogens with zero attached hydrogens (tertiary/aromatic N) is 3. The molecule has 2 heterocycles. The Bertz CT molecular complexity index is 983. The maximum absolute atomic E-state index is 13.1. The molecule has 1 aliphatic rings. The fraction of sp³-hybridized carbons (Fsp3) is 0.350. The summed E-state index contributed by atoms with van der Waals surface area (Å²) in [5, 5.41) is 0.551. The molecule has 142 valence electrons. The van der Waals surface area contributed by atoms with Crippen LogP contribution in [0.2, 0.25) is 5.02 Å². The number of benzene rings is 2. The van der Waals surface area contributed by atoms with Crippen molar-refractivity contribution in [3.05, 3.63) is 69.4 Å².